The maximum Gasteiger partial charge on any atom is 0.174 e. The molecule has 4 nitrogen and oxygen atoms in total. The van der Waals surface area contributed by atoms with Crippen LogP contribution in [0, 0.1) is 13.8 Å². The summed E-state index contributed by atoms with van der Waals surface area (Å²) in [4.78, 5) is 4.39. The number of aryl methyl sites for hydroxylation is 2. The van der Waals surface area contributed by atoms with Gasteiger partial charge in [0.1, 0.15) is 0 Å². The molecular weight excluding hydrogens is 216 g/mol. The third kappa shape index (κ3) is 2.33. The van der Waals surface area contributed by atoms with E-state index < -0.39 is 0 Å². The van der Waals surface area contributed by atoms with Crippen LogP contribution in [-0.2, 0) is 16.0 Å². The number of hydrogen-bond donors (Lipinski definition) is 0. The van der Waals surface area contributed by atoms with Crippen LogP contribution < -0.4 is 0 Å². The average molecular weight is 234 g/mol. The number of imidazole rings is 1. The van der Waals surface area contributed by atoms with Crippen molar-refractivity contribution >= 4 is 11.0 Å². The molecular formula is C13H18N2O2. The Hall–Kier alpha value is -1.39. The third-order valence-corrected chi connectivity index (χ3v) is 3.11. The largest absolute Gasteiger partial charge is 0.354 e. The highest BCUT2D eigenvalue weighted by molar-refractivity contribution is 5.77. The van der Waals surface area contributed by atoms with Crippen LogP contribution in [0.15, 0.2) is 18.5 Å². The fourth-order valence-corrected chi connectivity index (χ4v) is 1.86. The smallest absolute Gasteiger partial charge is 0.174 e. The van der Waals surface area contributed by atoms with Gasteiger partial charge in [-0.2, -0.15) is 0 Å². The molecule has 0 fully saturated rings. The minimum absolute atomic E-state index is 0.242. The first-order valence-corrected chi connectivity index (χ1v) is 5.63. The van der Waals surface area contributed by atoms with Gasteiger partial charge in [-0.3, -0.25) is 0 Å². The Bertz CT molecular complexity index is 515. The van der Waals surface area contributed by atoms with Crippen molar-refractivity contribution in [1.29, 1.82) is 0 Å². The first-order chi connectivity index (χ1) is 8.15. The van der Waals surface area contributed by atoms with E-state index in [4.69, 9.17) is 9.47 Å². The van der Waals surface area contributed by atoms with Crippen LogP contribution in [0.25, 0.3) is 11.0 Å². The van der Waals surface area contributed by atoms with Crippen LogP contribution in [-0.4, -0.2) is 30.1 Å². The van der Waals surface area contributed by atoms with Gasteiger partial charge in [-0.1, -0.05) is 0 Å². The highest BCUT2D eigenvalue weighted by Crippen LogP contribution is 2.18. The Kier molecular flexibility index (Phi) is 3.45. The zero-order valence-electron chi connectivity index (χ0n) is 10.7. The van der Waals surface area contributed by atoms with Crippen molar-refractivity contribution in [3.8, 4) is 0 Å². The van der Waals surface area contributed by atoms with Gasteiger partial charge in [0.2, 0.25) is 0 Å². The summed E-state index contributed by atoms with van der Waals surface area (Å²) in [7, 11) is 3.28. The Morgan fingerprint density at radius 1 is 1.18 bits per heavy atom. The quantitative estimate of drug-likeness (QED) is 0.761. The summed E-state index contributed by atoms with van der Waals surface area (Å²) in [5.41, 5.74) is 4.66. The number of fused-ring (bicyclic) bond motifs is 1. The molecule has 0 aliphatic heterocycles. The number of nitrogens with zero attached hydrogens (tertiary/aromatic N) is 2. The molecule has 1 heterocycles. The second-order valence-corrected chi connectivity index (χ2v) is 4.22. The van der Waals surface area contributed by atoms with Gasteiger partial charge >= 0.3 is 0 Å². The van der Waals surface area contributed by atoms with Crippen LogP contribution in [0.2, 0.25) is 0 Å². The van der Waals surface area contributed by atoms with Crippen molar-refractivity contribution in [2.75, 3.05) is 14.2 Å². The first-order valence-electron chi connectivity index (χ1n) is 5.63. The van der Waals surface area contributed by atoms with E-state index in [1.165, 1.54) is 11.1 Å². The van der Waals surface area contributed by atoms with E-state index in [1.807, 2.05) is 6.33 Å². The topological polar surface area (TPSA) is 36.3 Å². The average Bonchev–Trinajstić information content (AvgIpc) is 2.69. The van der Waals surface area contributed by atoms with E-state index in [0.717, 1.165) is 11.0 Å². The zero-order valence-corrected chi connectivity index (χ0v) is 10.7. The van der Waals surface area contributed by atoms with Crippen LogP contribution in [0.4, 0.5) is 0 Å². The summed E-state index contributed by atoms with van der Waals surface area (Å²) < 4.78 is 12.5. The zero-order chi connectivity index (χ0) is 12.4. The molecule has 0 aliphatic rings. The molecule has 0 aliphatic carbocycles. The molecule has 2 rings (SSSR count). The van der Waals surface area contributed by atoms with E-state index in [-0.39, 0.29) is 6.29 Å². The SMILES string of the molecule is COC(Cn1cnc2cc(C)c(C)cc21)OC. The molecule has 0 unspecified atom stereocenters. The number of benzene rings is 1. The van der Waals surface area contributed by atoms with Crippen LogP contribution in [0.1, 0.15) is 11.1 Å². The Morgan fingerprint density at radius 3 is 2.47 bits per heavy atom. The molecule has 1 aromatic heterocycles. The van der Waals surface area contributed by atoms with Gasteiger partial charge in [0.25, 0.3) is 0 Å². The van der Waals surface area contributed by atoms with E-state index in [0.29, 0.717) is 6.54 Å². The Morgan fingerprint density at radius 2 is 1.82 bits per heavy atom. The van der Waals surface area contributed by atoms with Crippen LogP contribution in [0.3, 0.4) is 0 Å². The highest BCUT2D eigenvalue weighted by Gasteiger charge is 2.10. The molecule has 0 atom stereocenters. The van der Waals surface area contributed by atoms with Gasteiger partial charge in [0.15, 0.2) is 6.29 Å². The predicted molar refractivity (Wildman–Crippen MR) is 67.0 cm³/mol. The summed E-state index contributed by atoms with van der Waals surface area (Å²) in [6.07, 6.45) is 1.59. The highest BCUT2D eigenvalue weighted by atomic mass is 16.7. The fourth-order valence-electron chi connectivity index (χ4n) is 1.86. The predicted octanol–water partition coefficient (Wildman–Crippen LogP) is 2.27. The van der Waals surface area contributed by atoms with Gasteiger partial charge in [-0.05, 0) is 37.1 Å². The van der Waals surface area contributed by atoms with Gasteiger partial charge < -0.3 is 14.0 Å². The fraction of sp³-hybridized carbons (Fsp3) is 0.462. The molecule has 1 aromatic carbocycles. The second-order valence-electron chi connectivity index (χ2n) is 4.22. The summed E-state index contributed by atoms with van der Waals surface area (Å²) in [5, 5.41) is 0. The standard InChI is InChI=1S/C13H18N2O2/c1-9-5-11-12(6-10(9)2)15(8-14-11)7-13(16-3)17-4/h5-6,8,13H,7H2,1-4H3. The lowest BCUT2D eigenvalue weighted by Crippen LogP contribution is -2.20. The van der Waals surface area contributed by atoms with E-state index in [1.54, 1.807) is 14.2 Å². The van der Waals surface area contributed by atoms with Gasteiger partial charge in [0, 0.05) is 14.2 Å². The first kappa shape index (κ1) is 12.1. The normalized spacial score (nSPS) is 11.6. The lowest BCUT2D eigenvalue weighted by atomic mass is 10.1. The van der Waals surface area contributed by atoms with Crippen LogP contribution in [0.5, 0.6) is 0 Å². The van der Waals surface area contributed by atoms with Gasteiger partial charge in [0.05, 0.1) is 23.9 Å². The molecule has 0 bridgehead atoms. The molecule has 17 heavy (non-hydrogen) atoms. The van der Waals surface area contributed by atoms with Gasteiger partial charge in [-0.25, -0.2) is 4.98 Å². The molecule has 0 spiro atoms. The minimum Gasteiger partial charge on any atom is -0.354 e. The molecule has 0 saturated heterocycles. The maximum absolute atomic E-state index is 5.20. The molecule has 0 saturated carbocycles. The van der Waals surface area contributed by atoms with Crippen molar-refractivity contribution in [2.45, 2.75) is 26.7 Å². The third-order valence-electron chi connectivity index (χ3n) is 3.11. The summed E-state index contributed by atoms with van der Waals surface area (Å²) >= 11 is 0. The number of methoxy groups -OCH3 is 2. The molecule has 0 N–H and O–H groups in total. The van der Waals surface area contributed by atoms with Crippen molar-refractivity contribution < 1.29 is 9.47 Å². The van der Waals surface area contributed by atoms with Gasteiger partial charge in [-0.15, -0.1) is 0 Å². The number of aromatic nitrogens is 2. The summed E-state index contributed by atoms with van der Waals surface area (Å²) in [5.74, 6) is 0. The summed E-state index contributed by atoms with van der Waals surface area (Å²) in [6.45, 7) is 4.85. The minimum atomic E-state index is -0.242. The van der Waals surface area contributed by atoms with E-state index in [9.17, 15) is 0 Å². The monoisotopic (exact) mass is 234 g/mol. The molecule has 0 radical (unpaired) electrons. The molecule has 4 heteroatoms. The van der Waals surface area contributed by atoms with E-state index >= 15 is 0 Å². The number of ether oxygens (including phenoxy) is 2. The lowest BCUT2D eigenvalue weighted by molar-refractivity contribution is -0.110. The summed E-state index contributed by atoms with van der Waals surface area (Å²) in [6, 6.07) is 4.26. The van der Waals surface area contributed by atoms with Crippen molar-refractivity contribution in [3.05, 3.63) is 29.6 Å². The van der Waals surface area contributed by atoms with Crippen molar-refractivity contribution in [3.63, 3.8) is 0 Å². The molecule has 92 valence electrons. The molecule has 2 aromatic rings. The van der Waals surface area contributed by atoms with Crippen molar-refractivity contribution in [2.24, 2.45) is 0 Å². The lowest BCUT2D eigenvalue weighted by Gasteiger charge is -2.14. The molecule has 0 amide bonds. The maximum atomic E-state index is 5.20. The Labute approximate surface area is 101 Å². The number of hydrogen-bond acceptors (Lipinski definition) is 3. The van der Waals surface area contributed by atoms with Crippen LogP contribution >= 0.6 is 0 Å². The van der Waals surface area contributed by atoms with E-state index in [2.05, 4.69) is 35.5 Å². The van der Waals surface area contributed by atoms with Crippen molar-refractivity contribution in [1.82, 2.24) is 9.55 Å². The second kappa shape index (κ2) is 4.85. The number of rotatable bonds is 4. The Balaban J connectivity index is 2.38.